The summed E-state index contributed by atoms with van der Waals surface area (Å²) < 4.78 is 39.4. The van der Waals surface area contributed by atoms with Gasteiger partial charge in [0.25, 0.3) is 0 Å². The summed E-state index contributed by atoms with van der Waals surface area (Å²) >= 11 is 0. The number of anilines is 1. The van der Waals surface area contributed by atoms with Crippen molar-refractivity contribution in [3.63, 3.8) is 0 Å². The molecule has 1 N–H and O–H groups in total. The molecule has 3 fully saturated rings. The van der Waals surface area contributed by atoms with E-state index in [2.05, 4.69) is 25.7 Å². The first-order valence-electron chi connectivity index (χ1n) is 15.2. The van der Waals surface area contributed by atoms with Gasteiger partial charge in [-0.15, -0.1) is 0 Å². The van der Waals surface area contributed by atoms with E-state index >= 15 is 4.39 Å². The van der Waals surface area contributed by atoms with Crippen molar-refractivity contribution >= 4 is 17.3 Å². The highest BCUT2D eigenvalue weighted by atomic mass is 19.1. The molecule has 2 bridgehead atoms. The molecule has 9 heteroatoms. The number of methoxy groups -OCH3 is 1. The first-order valence-corrected chi connectivity index (χ1v) is 15.2. The fourth-order valence-electron chi connectivity index (χ4n) is 6.96. The second-order valence-electron chi connectivity index (χ2n) is 12.9. The van der Waals surface area contributed by atoms with Gasteiger partial charge in [-0.1, -0.05) is 20.8 Å². The summed E-state index contributed by atoms with van der Waals surface area (Å²) in [6.07, 6.45) is 3.93. The first kappa shape index (κ1) is 28.8. The van der Waals surface area contributed by atoms with Gasteiger partial charge in [0.1, 0.15) is 11.6 Å². The van der Waals surface area contributed by atoms with E-state index in [9.17, 15) is 4.79 Å². The highest BCUT2D eigenvalue weighted by molar-refractivity contribution is 6.08. The number of ether oxygens (including phenoxy) is 4. The fourth-order valence-corrected chi connectivity index (χ4v) is 6.96. The van der Waals surface area contributed by atoms with Gasteiger partial charge in [0.05, 0.1) is 55.9 Å². The van der Waals surface area contributed by atoms with Gasteiger partial charge in [-0.05, 0) is 68.7 Å². The highest BCUT2D eigenvalue weighted by Crippen LogP contribution is 2.59. The van der Waals surface area contributed by atoms with E-state index in [0.29, 0.717) is 23.5 Å². The van der Waals surface area contributed by atoms with E-state index in [1.165, 1.54) is 0 Å². The molecule has 42 heavy (non-hydrogen) atoms. The number of fused-ring (bicyclic) bond motifs is 4. The van der Waals surface area contributed by atoms with E-state index in [4.69, 9.17) is 24.4 Å². The predicted molar refractivity (Wildman–Crippen MR) is 159 cm³/mol. The van der Waals surface area contributed by atoms with Crippen molar-refractivity contribution in [2.24, 2.45) is 0 Å². The smallest absolute Gasteiger partial charge is 0.197 e. The number of hydrogen-bond donors (Lipinski definition) is 1. The quantitative estimate of drug-likeness (QED) is 0.376. The van der Waals surface area contributed by atoms with E-state index in [0.717, 1.165) is 55.8 Å². The third-order valence-electron chi connectivity index (χ3n) is 9.11. The molecule has 8 nitrogen and oxygen atoms in total. The summed E-state index contributed by atoms with van der Waals surface area (Å²) in [7, 11) is 1.69. The molecule has 2 aromatic carbocycles. The van der Waals surface area contributed by atoms with Crippen LogP contribution >= 0.6 is 0 Å². The monoisotopic (exact) mass is 579 g/mol. The van der Waals surface area contributed by atoms with Gasteiger partial charge in [0, 0.05) is 24.2 Å². The summed E-state index contributed by atoms with van der Waals surface area (Å²) in [5.41, 5.74) is 2.50. The number of hydrogen-bond acceptors (Lipinski definition) is 7. The summed E-state index contributed by atoms with van der Waals surface area (Å²) in [6, 6.07) is 5.69. The van der Waals surface area contributed by atoms with Crippen molar-refractivity contribution in [3.05, 3.63) is 46.3 Å². The van der Waals surface area contributed by atoms with Gasteiger partial charge in [0.15, 0.2) is 23.1 Å². The standard InChI is InChI=1S/C33H42FN3O5/c1-7-40-26-15-22-27(28(34)30(26)41-8-2)31(35)37(33(22)11-12-33)18-25(38)19-13-23(32(3,4)5)29(39-6)24(14-19)36-16-20-9-10-21(17-36)42-20/h13-15,20-21,35H,7-12,16-18H2,1-6H3/t20-,21+. The maximum Gasteiger partial charge on any atom is 0.197 e. The Kier molecular flexibility index (Phi) is 7.15. The van der Waals surface area contributed by atoms with Gasteiger partial charge in [-0.3, -0.25) is 10.2 Å². The van der Waals surface area contributed by atoms with Crippen LogP contribution in [-0.4, -0.2) is 68.7 Å². The molecule has 226 valence electrons. The van der Waals surface area contributed by atoms with Crippen molar-refractivity contribution in [2.45, 2.75) is 83.5 Å². The minimum absolute atomic E-state index is 0.0203. The van der Waals surface area contributed by atoms with Crippen LogP contribution in [0.2, 0.25) is 0 Å². The molecular formula is C33H42FN3O5. The van der Waals surface area contributed by atoms with Crippen molar-refractivity contribution < 1.29 is 28.1 Å². The summed E-state index contributed by atoms with van der Waals surface area (Å²) in [5.74, 6) is 0.478. The maximum absolute atomic E-state index is 15.9. The molecule has 1 spiro atoms. The number of morpholine rings is 1. The van der Waals surface area contributed by atoms with Gasteiger partial charge in [-0.2, -0.15) is 0 Å². The van der Waals surface area contributed by atoms with Crippen LogP contribution in [0.5, 0.6) is 17.2 Å². The molecule has 4 aliphatic rings. The molecule has 2 saturated heterocycles. The van der Waals surface area contributed by atoms with Crippen LogP contribution in [0.1, 0.15) is 87.4 Å². The van der Waals surface area contributed by atoms with Crippen LogP contribution in [0.3, 0.4) is 0 Å². The number of benzene rings is 2. The van der Waals surface area contributed by atoms with Crippen LogP contribution in [0.15, 0.2) is 18.2 Å². The Balaban J connectivity index is 1.37. The molecule has 2 aromatic rings. The topological polar surface area (TPSA) is 84.3 Å². The largest absolute Gasteiger partial charge is 0.494 e. The molecule has 2 atom stereocenters. The number of carbonyl (C=O) groups is 1. The molecule has 0 aromatic heterocycles. The predicted octanol–water partition coefficient (Wildman–Crippen LogP) is 5.81. The average molecular weight is 580 g/mol. The molecule has 3 heterocycles. The number of amidine groups is 1. The number of ketones is 1. The zero-order chi connectivity index (χ0) is 30.0. The van der Waals surface area contributed by atoms with E-state index < -0.39 is 11.4 Å². The Hall–Kier alpha value is -3.33. The van der Waals surface area contributed by atoms with Crippen molar-refractivity contribution in [3.8, 4) is 17.2 Å². The Morgan fingerprint density at radius 2 is 1.74 bits per heavy atom. The lowest BCUT2D eigenvalue weighted by atomic mass is 9.84. The van der Waals surface area contributed by atoms with Crippen LogP contribution < -0.4 is 19.1 Å². The van der Waals surface area contributed by atoms with Crippen LogP contribution in [0.25, 0.3) is 0 Å². The summed E-state index contributed by atoms with van der Waals surface area (Å²) in [4.78, 5) is 18.2. The van der Waals surface area contributed by atoms with Gasteiger partial charge in [-0.25, -0.2) is 4.39 Å². The summed E-state index contributed by atoms with van der Waals surface area (Å²) in [5, 5.41) is 9.04. The maximum atomic E-state index is 15.9. The zero-order valence-electron chi connectivity index (χ0n) is 25.6. The highest BCUT2D eigenvalue weighted by Gasteiger charge is 2.58. The summed E-state index contributed by atoms with van der Waals surface area (Å²) in [6.45, 7) is 12.1. The van der Waals surface area contributed by atoms with Crippen molar-refractivity contribution in [1.29, 1.82) is 5.41 Å². The third kappa shape index (κ3) is 4.60. The average Bonchev–Trinajstić information content (AvgIpc) is 3.64. The molecule has 6 rings (SSSR count). The third-order valence-corrected chi connectivity index (χ3v) is 9.11. The van der Waals surface area contributed by atoms with Crippen LogP contribution in [0, 0.1) is 11.2 Å². The number of Topliss-reactive ketones (excluding diaryl/α,β-unsaturated/α-hetero) is 1. The minimum Gasteiger partial charge on any atom is -0.494 e. The lowest BCUT2D eigenvalue weighted by Crippen LogP contribution is -2.43. The second-order valence-corrected chi connectivity index (χ2v) is 12.9. The Bertz CT molecular complexity index is 1420. The zero-order valence-corrected chi connectivity index (χ0v) is 25.6. The number of nitrogens with one attached hydrogen (secondary N) is 1. The Morgan fingerprint density at radius 3 is 2.31 bits per heavy atom. The minimum atomic E-state index is -0.590. The van der Waals surface area contributed by atoms with Gasteiger partial charge < -0.3 is 28.7 Å². The van der Waals surface area contributed by atoms with E-state index in [-0.39, 0.29) is 53.7 Å². The van der Waals surface area contributed by atoms with Crippen LogP contribution in [0.4, 0.5) is 10.1 Å². The van der Waals surface area contributed by atoms with Crippen LogP contribution in [-0.2, 0) is 15.7 Å². The van der Waals surface area contributed by atoms with Crippen molar-refractivity contribution in [1.82, 2.24) is 4.90 Å². The number of carbonyl (C=O) groups excluding carboxylic acids is 1. The number of halogens is 1. The normalized spacial score (nSPS) is 22.0. The molecule has 0 amide bonds. The molecule has 1 saturated carbocycles. The lowest BCUT2D eigenvalue weighted by Gasteiger charge is -2.36. The first-order chi connectivity index (χ1) is 20.0. The van der Waals surface area contributed by atoms with E-state index in [1.807, 2.05) is 25.1 Å². The SMILES string of the molecule is CCOc1cc2c(c(F)c1OCC)C(=N)N(CC(=O)c1cc(N3C[C@H]4CC[C@@H](C3)O4)c(OC)c(C(C)(C)C)c1)C21CC1. The Labute approximate surface area is 247 Å². The van der Waals surface area contributed by atoms with E-state index in [1.54, 1.807) is 18.9 Å². The second kappa shape index (κ2) is 10.4. The van der Waals surface area contributed by atoms with Gasteiger partial charge >= 0.3 is 0 Å². The number of nitrogens with zero attached hydrogens (tertiary/aromatic N) is 2. The molecule has 0 radical (unpaired) electrons. The fraction of sp³-hybridized carbons (Fsp3) is 0.576. The van der Waals surface area contributed by atoms with Crippen molar-refractivity contribution in [2.75, 3.05) is 44.9 Å². The Morgan fingerprint density at radius 1 is 1.07 bits per heavy atom. The molecule has 0 unspecified atom stereocenters. The number of rotatable bonds is 9. The molecule has 1 aliphatic carbocycles. The van der Waals surface area contributed by atoms with Gasteiger partial charge in [0.2, 0.25) is 0 Å². The molecular weight excluding hydrogens is 537 g/mol. The molecule has 3 aliphatic heterocycles. The lowest BCUT2D eigenvalue weighted by molar-refractivity contribution is 0.0303.